The Morgan fingerprint density at radius 3 is 2.73 bits per heavy atom. The number of carbonyl (C=O) groups excluding carboxylic acids is 1. The predicted octanol–water partition coefficient (Wildman–Crippen LogP) is 3.75. The van der Waals surface area contributed by atoms with E-state index in [1.54, 1.807) is 11.3 Å². The fourth-order valence-electron chi connectivity index (χ4n) is 3.49. The van der Waals surface area contributed by atoms with E-state index in [2.05, 4.69) is 18.2 Å². The minimum atomic E-state index is -0.0697. The second-order valence-corrected chi connectivity index (χ2v) is 6.98. The van der Waals surface area contributed by atoms with Crippen LogP contribution in [-0.4, -0.2) is 29.5 Å². The van der Waals surface area contributed by atoms with Gasteiger partial charge in [0.05, 0.1) is 5.56 Å². The highest BCUT2D eigenvalue weighted by Crippen LogP contribution is 2.39. The van der Waals surface area contributed by atoms with Crippen molar-refractivity contribution >= 4 is 17.2 Å². The van der Waals surface area contributed by atoms with Gasteiger partial charge in [-0.15, -0.1) is 0 Å². The van der Waals surface area contributed by atoms with E-state index in [1.807, 2.05) is 27.8 Å². The molecule has 4 heteroatoms. The zero-order valence-electron chi connectivity index (χ0n) is 12.5. The molecule has 3 nitrogen and oxygen atoms in total. The molecule has 1 amide bonds. The second kappa shape index (κ2) is 5.43. The van der Waals surface area contributed by atoms with Crippen molar-refractivity contribution in [3.8, 4) is 5.75 Å². The summed E-state index contributed by atoms with van der Waals surface area (Å²) in [5, 5.41) is 3.89. The molecule has 1 aromatic heterocycles. The number of fused-ring (bicyclic) bond motifs is 1. The van der Waals surface area contributed by atoms with Gasteiger partial charge in [0.25, 0.3) is 5.91 Å². The molecule has 3 heterocycles. The quantitative estimate of drug-likeness (QED) is 0.802. The molecule has 0 radical (unpaired) electrons. The van der Waals surface area contributed by atoms with Gasteiger partial charge in [0.1, 0.15) is 11.4 Å². The number of amides is 1. The van der Waals surface area contributed by atoms with Crippen molar-refractivity contribution in [1.29, 1.82) is 0 Å². The number of benzene rings is 1. The highest BCUT2D eigenvalue weighted by atomic mass is 32.1. The Kier molecular flexibility index (Phi) is 3.41. The number of carbonyl (C=O) groups is 1. The fourth-order valence-corrected chi connectivity index (χ4v) is 4.12. The Morgan fingerprint density at radius 2 is 1.95 bits per heavy atom. The minimum absolute atomic E-state index is 0.0697. The lowest BCUT2D eigenvalue weighted by atomic mass is 9.83. The first kappa shape index (κ1) is 13.8. The number of hydrogen-bond acceptors (Lipinski definition) is 3. The zero-order chi connectivity index (χ0) is 15.0. The van der Waals surface area contributed by atoms with Crippen LogP contribution in [0.5, 0.6) is 5.75 Å². The Bertz CT molecular complexity index is 672. The number of para-hydroxylation sites is 1. The molecule has 1 saturated heterocycles. The maximum Gasteiger partial charge on any atom is 0.254 e. The van der Waals surface area contributed by atoms with Crippen LogP contribution < -0.4 is 4.74 Å². The smallest absolute Gasteiger partial charge is 0.254 e. The van der Waals surface area contributed by atoms with Gasteiger partial charge in [-0.05, 0) is 35.9 Å². The number of rotatable bonds is 1. The molecule has 0 unspecified atom stereocenters. The van der Waals surface area contributed by atoms with Gasteiger partial charge >= 0.3 is 0 Å². The second-order valence-electron chi connectivity index (χ2n) is 6.20. The van der Waals surface area contributed by atoms with E-state index < -0.39 is 0 Å². The highest BCUT2D eigenvalue weighted by Gasteiger charge is 2.40. The summed E-state index contributed by atoms with van der Waals surface area (Å²) in [5.74, 6) is 1.19. The van der Waals surface area contributed by atoms with Crippen molar-refractivity contribution in [2.45, 2.75) is 31.3 Å². The van der Waals surface area contributed by atoms with Gasteiger partial charge in [-0.2, -0.15) is 11.3 Å². The standard InChI is InChI=1S/C18H19NO2S/c20-17(15-6-12-22-13-15)19-10-8-18(9-11-19)7-5-14-3-1-2-4-16(14)21-18/h1-4,6,12-13H,5,7-11H2. The van der Waals surface area contributed by atoms with E-state index >= 15 is 0 Å². The fraction of sp³-hybridized carbons (Fsp3) is 0.389. The van der Waals surface area contributed by atoms with Crippen molar-refractivity contribution in [3.05, 3.63) is 52.2 Å². The number of nitrogens with zero attached hydrogens (tertiary/aromatic N) is 1. The molecule has 1 spiro atoms. The summed E-state index contributed by atoms with van der Waals surface area (Å²) >= 11 is 1.57. The highest BCUT2D eigenvalue weighted by molar-refractivity contribution is 7.08. The van der Waals surface area contributed by atoms with Gasteiger partial charge in [0.15, 0.2) is 0 Å². The van der Waals surface area contributed by atoms with Crippen LogP contribution in [-0.2, 0) is 6.42 Å². The van der Waals surface area contributed by atoms with Crippen molar-refractivity contribution < 1.29 is 9.53 Å². The van der Waals surface area contributed by atoms with Crippen molar-refractivity contribution in [2.24, 2.45) is 0 Å². The van der Waals surface area contributed by atoms with E-state index in [-0.39, 0.29) is 11.5 Å². The normalized spacial score (nSPS) is 19.5. The zero-order valence-corrected chi connectivity index (χ0v) is 13.3. The molecule has 2 aromatic rings. The van der Waals surface area contributed by atoms with Crippen LogP contribution in [0, 0.1) is 0 Å². The molecule has 0 saturated carbocycles. The van der Waals surface area contributed by atoms with Crippen LogP contribution in [0.1, 0.15) is 35.2 Å². The summed E-state index contributed by atoms with van der Waals surface area (Å²) in [4.78, 5) is 14.4. The van der Waals surface area contributed by atoms with Gasteiger partial charge in [-0.3, -0.25) is 4.79 Å². The van der Waals surface area contributed by atoms with Crippen LogP contribution in [0.15, 0.2) is 41.1 Å². The molecule has 22 heavy (non-hydrogen) atoms. The molecule has 1 aromatic carbocycles. The SMILES string of the molecule is O=C(c1ccsc1)N1CCC2(CCc3ccccc3O2)CC1. The first-order chi connectivity index (χ1) is 10.8. The molecule has 2 aliphatic rings. The van der Waals surface area contributed by atoms with Gasteiger partial charge in [-0.25, -0.2) is 0 Å². The molecule has 2 aliphatic heterocycles. The van der Waals surface area contributed by atoms with Crippen LogP contribution in [0.25, 0.3) is 0 Å². The minimum Gasteiger partial charge on any atom is -0.487 e. The number of likely N-dealkylation sites (tertiary alicyclic amines) is 1. The number of ether oxygens (including phenoxy) is 1. The Balaban J connectivity index is 1.45. The number of thiophene rings is 1. The number of hydrogen-bond donors (Lipinski definition) is 0. The summed E-state index contributed by atoms with van der Waals surface area (Å²) in [6, 6.07) is 10.2. The van der Waals surface area contributed by atoms with Gasteiger partial charge in [-0.1, -0.05) is 18.2 Å². The molecular weight excluding hydrogens is 294 g/mol. The lowest BCUT2D eigenvalue weighted by Gasteiger charge is -2.44. The summed E-state index contributed by atoms with van der Waals surface area (Å²) in [6.07, 6.45) is 3.99. The van der Waals surface area contributed by atoms with Crippen LogP contribution in [0.3, 0.4) is 0 Å². The maximum atomic E-state index is 12.4. The summed E-state index contributed by atoms with van der Waals surface area (Å²) in [5.41, 5.74) is 2.06. The van der Waals surface area contributed by atoms with Crippen molar-refractivity contribution in [3.63, 3.8) is 0 Å². The van der Waals surface area contributed by atoms with Gasteiger partial charge in [0, 0.05) is 31.3 Å². The van der Waals surface area contributed by atoms with Gasteiger partial charge < -0.3 is 9.64 Å². The largest absolute Gasteiger partial charge is 0.487 e. The molecular formula is C18H19NO2S. The first-order valence-corrected chi connectivity index (χ1v) is 8.78. The Labute approximate surface area is 134 Å². The maximum absolute atomic E-state index is 12.4. The van der Waals surface area contributed by atoms with E-state index in [9.17, 15) is 4.79 Å². The Morgan fingerprint density at radius 1 is 1.14 bits per heavy atom. The monoisotopic (exact) mass is 313 g/mol. The number of piperidine rings is 1. The topological polar surface area (TPSA) is 29.5 Å². The lowest BCUT2D eigenvalue weighted by molar-refractivity contribution is -0.0106. The van der Waals surface area contributed by atoms with Crippen molar-refractivity contribution in [2.75, 3.05) is 13.1 Å². The molecule has 0 aliphatic carbocycles. The van der Waals surface area contributed by atoms with E-state index in [0.717, 1.165) is 50.1 Å². The van der Waals surface area contributed by atoms with Gasteiger partial charge in [0.2, 0.25) is 0 Å². The molecule has 1 fully saturated rings. The van der Waals surface area contributed by atoms with E-state index in [1.165, 1.54) is 5.56 Å². The molecule has 114 valence electrons. The average molecular weight is 313 g/mol. The third-order valence-electron chi connectivity index (χ3n) is 4.88. The predicted molar refractivity (Wildman–Crippen MR) is 87.6 cm³/mol. The molecule has 0 bridgehead atoms. The van der Waals surface area contributed by atoms with Crippen LogP contribution >= 0.6 is 11.3 Å². The summed E-state index contributed by atoms with van der Waals surface area (Å²) in [6.45, 7) is 1.58. The van der Waals surface area contributed by atoms with Crippen LogP contribution in [0.4, 0.5) is 0 Å². The third-order valence-corrected chi connectivity index (χ3v) is 5.56. The first-order valence-electron chi connectivity index (χ1n) is 7.84. The lowest BCUT2D eigenvalue weighted by Crippen LogP contribution is -2.51. The summed E-state index contributed by atoms with van der Waals surface area (Å²) < 4.78 is 6.34. The average Bonchev–Trinajstić information content (AvgIpc) is 3.09. The van der Waals surface area contributed by atoms with Crippen LogP contribution in [0.2, 0.25) is 0 Å². The molecule has 0 N–H and O–H groups in total. The Hall–Kier alpha value is -1.81. The number of aryl methyl sites for hydroxylation is 1. The molecule has 0 atom stereocenters. The molecule has 4 rings (SSSR count). The van der Waals surface area contributed by atoms with E-state index in [0.29, 0.717) is 0 Å². The third kappa shape index (κ3) is 2.41. The van der Waals surface area contributed by atoms with E-state index in [4.69, 9.17) is 4.74 Å². The van der Waals surface area contributed by atoms with Crippen molar-refractivity contribution in [1.82, 2.24) is 4.90 Å². The summed E-state index contributed by atoms with van der Waals surface area (Å²) in [7, 11) is 0.